The van der Waals surface area contributed by atoms with Gasteiger partial charge in [0, 0.05) is 36.0 Å². The van der Waals surface area contributed by atoms with E-state index in [1.165, 1.54) is 21.0 Å². The summed E-state index contributed by atoms with van der Waals surface area (Å²) in [6, 6.07) is 0. The number of esters is 1. The molecule has 3 aliphatic carbocycles. The second-order valence-electron chi connectivity index (χ2n) is 12.8. The Hall–Kier alpha value is -1.68. The molecule has 2 aliphatic heterocycles. The number of aliphatic hydroxyl groups excluding tert-OH is 5. The highest BCUT2D eigenvalue weighted by atomic mass is 16.8. The fraction of sp³-hybridized carbons (Fsp3) is 0.857. The largest absolute Gasteiger partial charge is 0.493 e. The molecule has 13 heteroatoms. The van der Waals surface area contributed by atoms with Gasteiger partial charge in [0.25, 0.3) is 0 Å². The molecule has 41 heavy (non-hydrogen) atoms. The van der Waals surface area contributed by atoms with E-state index in [0.717, 1.165) is 0 Å². The van der Waals surface area contributed by atoms with E-state index in [2.05, 4.69) is 0 Å². The van der Waals surface area contributed by atoms with Crippen LogP contribution in [0.2, 0.25) is 0 Å². The Labute approximate surface area is 238 Å². The number of hydrogen-bond donors (Lipinski definition) is 6. The summed E-state index contributed by atoms with van der Waals surface area (Å²) in [6.07, 6.45) is -9.58. The van der Waals surface area contributed by atoms with Crippen LogP contribution < -0.4 is 0 Å². The van der Waals surface area contributed by atoms with Crippen LogP contribution in [0.4, 0.5) is 0 Å². The standard InChI is InChI=1S/C28H42O13/c1-11(30)38-24-21(34)22-26(2)12(6-7-13(37-5)23(26)35)8-16-27(22,3)15(28(24,4)36)9-17(40-16)41-25-20(33)19(32)18(31)14(10-29)39-25/h7,12,14-22,24-25,29,31-34,36H,6,8-10H2,1-5H3/t12-,14-,15-,16-,17+,18-,19+,20-,21+,22-,24-,25+,26+,27-,28+/m1/s1. The third-order valence-electron chi connectivity index (χ3n) is 10.7. The summed E-state index contributed by atoms with van der Waals surface area (Å²) in [5.74, 6) is -2.64. The number of fused-ring (bicyclic) bond motifs is 2. The average molecular weight is 587 g/mol. The van der Waals surface area contributed by atoms with Crippen LogP contribution in [0.25, 0.3) is 0 Å². The van der Waals surface area contributed by atoms with E-state index in [4.69, 9.17) is 23.7 Å². The number of hydrogen-bond acceptors (Lipinski definition) is 13. The first-order chi connectivity index (χ1) is 19.1. The van der Waals surface area contributed by atoms with Gasteiger partial charge in [0.1, 0.15) is 30.0 Å². The fourth-order valence-electron chi connectivity index (χ4n) is 8.73. The van der Waals surface area contributed by atoms with Crippen molar-refractivity contribution in [2.45, 2.75) is 108 Å². The smallest absolute Gasteiger partial charge is 0.303 e. The number of aliphatic hydroxyl groups is 6. The molecule has 2 saturated carbocycles. The molecule has 13 nitrogen and oxygen atoms in total. The number of ether oxygens (including phenoxy) is 5. The molecule has 0 unspecified atom stereocenters. The van der Waals surface area contributed by atoms with Crippen LogP contribution in [0.1, 0.15) is 47.0 Å². The van der Waals surface area contributed by atoms with Crippen LogP contribution in [0.15, 0.2) is 11.8 Å². The first-order valence-corrected chi connectivity index (χ1v) is 14.1. The maximum Gasteiger partial charge on any atom is 0.303 e. The third-order valence-corrected chi connectivity index (χ3v) is 10.7. The average Bonchev–Trinajstić information content (AvgIpc) is 2.90. The highest BCUT2D eigenvalue weighted by Gasteiger charge is 2.75. The van der Waals surface area contributed by atoms with Crippen molar-refractivity contribution >= 4 is 11.8 Å². The molecule has 15 atom stereocenters. The second-order valence-corrected chi connectivity index (χ2v) is 12.8. The lowest BCUT2D eigenvalue weighted by atomic mass is 9.38. The molecule has 5 rings (SSSR count). The minimum absolute atomic E-state index is 0.0160. The predicted molar refractivity (Wildman–Crippen MR) is 136 cm³/mol. The topological polar surface area (TPSA) is 202 Å². The Morgan fingerprint density at radius 2 is 1.73 bits per heavy atom. The van der Waals surface area contributed by atoms with Gasteiger partial charge in [-0.3, -0.25) is 9.59 Å². The van der Waals surface area contributed by atoms with Crippen molar-refractivity contribution < 1.29 is 63.9 Å². The normalized spacial score (nSPS) is 53.0. The SMILES string of the molecule is COC1=CC[C@@H]2C[C@H]3O[C@@H](O[C@@H]4O[C@H](CO)[C@@H](O)[C@H](O)[C@H]4O)C[C@H]4[C@](C)(O)[C@H](OC(C)=O)[C@@H](O)[C@H]([C@@]2(C)C1=O)[C@@]34C. The summed E-state index contributed by atoms with van der Waals surface area (Å²) in [6.45, 7) is 5.67. The molecule has 2 saturated heterocycles. The van der Waals surface area contributed by atoms with E-state index in [-0.39, 0.29) is 23.9 Å². The molecular formula is C28H42O13. The van der Waals surface area contributed by atoms with E-state index in [1.807, 2.05) is 6.92 Å². The summed E-state index contributed by atoms with van der Waals surface area (Å²) in [4.78, 5) is 26.1. The summed E-state index contributed by atoms with van der Waals surface area (Å²) in [7, 11) is 1.41. The number of rotatable bonds is 5. The Kier molecular flexibility index (Phi) is 7.87. The molecule has 0 aromatic heterocycles. The van der Waals surface area contributed by atoms with E-state index in [9.17, 15) is 40.2 Å². The van der Waals surface area contributed by atoms with Crippen LogP contribution in [0.3, 0.4) is 0 Å². The highest BCUT2D eigenvalue weighted by Crippen LogP contribution is 2.69. The molecule has 232 valence electrons. The number of methoxy groups -OCH3 is 1. The van der Waals surface area contributed by atoms with E-state index in [1.54, 1.807) is 13.0 Å². The third kappa shape index (κ3) is 4.39. The lowest BCUT2D eigenvalue weighted by Crippen LogP contribution is -2.78. The minimum Gasteiger partial charge on any atom is -0.493 e. The second kappa shape index (κ2) is 10.5. The lowest BCUT2D eigenvalue weighted by Gasteiger charge is -2.70. The van der Waals surface area contributed by atoms with Crippen LogP contribution in [-0.2, 0) is 33.3 Å². The predicted octanol–water partition coefficient (Wildman–Crippen LogP) is -1.26. The van der Waals surface area contributed by atoms with E-state index < -0.39 is 96.2 Å². The molecule has 0 aromatic carbocycles. The first kappa shape index (κ1) is 30.8. The van der Waals surface area contributed by atoms with Crippen molar-refractivity contribution in [3.8, 4) is 0 Å². The van der Waals surface area contributed by atoms with Gasteiger partial charge < -0.3 is 54.3 Å². The first-order valence-electron chi connectivity index (χ1n) is 14.1. The van der Waals surface area contributed by atoms with Crippen LogP contribution in [0, 0.1) is 28.6 Å². The Morgan fingerprint density at radius 1 is 1.05 bits per heavy atom. The van der Waals surface area contributed by atoms with Crippen LogP contribution >= 0.6 is 0 Å². The Morgan fingerprint density at radius 3 is 2.34 bits per heavy atom. The van der Waals surface area contributed by atoms with Crippen molar-refractivity contribution in [1.29, 1.82) is 0 Å². The fourth-order valence-corrected chi connectivity index (χ4v) is 8.73. The van der Waals surface area contributed by atoms with Gasteiger partial charge in [0.15, 0.2) is 24.4 Å². The van der Waals surface area contributed by atoms with Gasteiger partial charge in [0.05, 0.1) is 25.9 Å². The van der Waals surface area contributed by atoms with Gasteiger partial charge in [-0.15, -0.1) is 0 Å². The molecule has 2 heterocycles. The van der Waals surface area contributed by atoms with Gasteiger partial charge in [-0.2, -0.15) is 0 Å². The summed E-state index contributed by atoms with van der Waals surface area (Å²) in [5.41, 5.74) is -3.94. The number of carbonyl (C=O) groups excluding carboxylic acids is 2. The molecule has 0 aromatic rings. The molecule has 0 radical (unpaired) electrons. The summed E-state index contributed by atoms with van der Waals surface area (Å²) >= 11 is 0. The summed E-state index contributed by atoms with van der Waals surface area (Å²) in [5, 5.41) is 64.4. The molecule has 5 aliphatic rings. The van der Waals surface area contributed by atoms with Gasteiger partial charge >= 0.3 is 5.97 Å². The van der Waals surface area contributed by atoms with Crippen molar-refractivity contribution in [2.24, 2.45) is 28.6 Å². The zero-order valence-electron chi connectivity index (χ0n) is 23.9. The Balaban J connectivity index is 1.55. The molecule has 0 spiro atoms. The van der Waals surface area contributed by atoms with Crippen molar-refractivity contribution in [3.05, 3.63) is 11.8 Å². The van der Waals surface area contributed by atoms with Crippen LogP contribution in [-0.4, -0.2) is 117 Å². The van der Waals surface area contributed by atoms with Gasteiger partial charge in [-0.25, -0.2) is 0 Å². The lowest BCUT2D eigenvalue weighted by molar-refractivity contribution is -0.390. The molecular weight excluding hydrogens is 544 g/mol. The van der Waals surface area contributed by atoms with Gasteiger partial charge in [-0.05, 0) is 31.8 Å². The number of Topliss-reactive ketones (excluding diaryl/α,β-unsaturated/α-hetero) is 1. The monoisotopic (exact) mass is 586 g/mol. The maximum absolute atomic E-state index is 13.9. The summed E-state index contributed by atoms with van der Waals surface area (Å²) < 4.78 is 28.9. The molecule has 0 amide bonds. The molecule has 6 N–H and O–H groups in total. The number of carbonyl (C=O) groups is 2. The molecule has 0 bridgehead atoms. The zero-order valence-corrected chi connectivity index (χ0v) is 23.9. The maximum atomic E-state index is 13.9. The van der Waals surface area contributed by atoms with Gasteiger partial charge in [-0.1, -0.05) is 13.8 Å². The number of ketones is 1. The van der Waals surface area contributed by atoms with Crippen molar-refractivity contribution in [1.82, 2.24) is 0 Å². The zero-order chi connectivity index (χ0) is 30.2. The van der Waals surface area contributed by atoms with Crippen molar-refractivity contribution in [3.63, 3.8) is 0 Å². The highest BCUT2D eigenvalue weighted by molar-refractivity contribution is 5.99. The number of allylic oxidation sites excluding steroid dienone is 2. The Bertz CT molecular complexity index is 1080. The van der Waals surface area contributed by atoms with E-state index in [0.29, 0.717) is 12.8 Å². The van der Waals surface area contributed by atoms with Crippen molar-refractivity contribution in [2.75, 3.05) is 13.7 Å². The van der Waals surface area contributed by atoms with Crippen LogP contribution in [0.5, 0.6) is 0 Å². The van der Waals surface area contributed by atoms with E-state index >= 15 is 0 Å². The quantitative estimate of drug-likeness (QED) is 0.209. The molecule has 4 fully saturated rings. The van der Waals surface area contributed by atoms with Gasteiger partial charge in [0.2, 0.25) is 5.78 Å². The minimum atomic E-state index is -1.80.